The van der Waals surface area contributed by atoms with Gasteiger partial charge < -0.3 is 5.32 Å². The zero-order valence-corrected chi connectivity index (χ0v) is 11.3. The number of hydrogen-bond acceptors (Lipinski definition) is 2. The Kier molecular flexibility index (Phi) is 4.11. The fraction of sp³-hybridized carbons (Fsp3) is 0.312. The number of aryl methyl sites for hydroxylation is 1. The molecule has 1 heterocycles. The van der Waals surface area contributed by atoms with E-state index >= 15 is 0 Å². The second-order valence-electron chi connectivity index (χ2n) is 4.86. The van der Waals surface area contributed by atoms with Crippen molar-refractivity contribution in [1.29, 1.82) is 0 Å². The smallest absolute Gasteiger partial charge is 0.0734 e. The van der Waals surface area contributed by atoms with Crippen LogP contribution in [-0.4, -0.2) is 11.0 Å². The minimum atomic E-state index is 0.489. The number of nitrogens with zero attached hydrogens (tertiary/aromatic N) is 1. The van der Waals surface area contributed by atoms with Gasteiger partial charge in [0.2, 0.25) is 0 Å². The molecule has 0 saturated heterocycles. The molecular weight excluding hydrogens is 220 g/mol. The standard InChI is InChI=1S/C16H20N2/c1-12(2)18-11-14-8-4-5-9-15(14)16-13(3)7-6-10-17-16/h4-10,12,18H,11H2,1-3H3. The SMILES string of the molecule is Cc1cccnc1-c1ccccc1CNC(C)C. The first-order valence-corrected chi connectivity index (χ1v) is 6.41. The predicted octanol–water partition coefficient (Wildman–Crippen LogP) is 3.56. The minimum Gasteiger partial charge on any atom is -0.310 e. The highest BCUT2D eigenvalue weighted by molar-refractivity contribution is 5.66. The Morgan fingerprint density at radius 1 is 1.11 bits per heavy atom. The van der Waals surface area contributed by atoms with Gasteiger partial charge in [-0.3, -0.25) is 4.98 Å². The van der Waals surface area contributed by atoms with E-state index in [9.17, 15) is 0 Å². The third-order valence-corrected chi connectivity index (χ3v) is 2.98. The van der Waals surface area contributed by atoms with Gasteiger partial charge in [0.25, 0.3) is 0 Å². The van der Waals surface area contributed by atoms with Crippen LogP contribution >= 0.6 is 0 Å². The van der Waals surface area contributed by atoms with Gasteiger partial charge in [0.1, 0.15) is 0 Å². The summed E-state index contributed by atoms with van der Waals surface area (Å²) in [5.74, 6) is 0. The zero-order valence-electron chi connectivity index (χ0n) is 11.3. The molecule has 0 fully saturated rings. The third-order valence-electron chi connectivity index (χ3n) is 2.98. The Morgan fingerprint density at radius 2 is 1.89 bits per heavy atom. The van der Waals surface area contributed by atoms with Gasteiger partial charge in [0, 0.05) is 24.3 Å². The maximum absolute atomic E-state index is 4.51. The van der Waals surface area contributed by atoms with Gasteiger partial charge in [-0.15, -0.1) is 0 Å². The zero-order chi connectivity index (χ0) is 13.0. The number of rotatable bonds is 4. The van der Waals surface area contributed by atoms with Gasteiger partial charge in [-0.2, -0.15) is 0 Å². The molecule has 94 valence electrons. The lowest BCUT2D eigenvalue weighted by Gasteiger charge is -2.13. The Balaban J connectivity index is 2.36. The van der Waals surface area contributed by atoms with Crippen LogP contribution in [0, 0.1) is 6.92 Å². The number of pyridine rings is 1. The molecule has 0 saturated carbocycles. The molecule has 2 nitrogen and oxygen atoms in total. The fourth-order valence-electron chi connectivity index (χ4n) is 1.99. The molecule has 1 aromatic heterocycles. The van der Waals surface area contributed by atoms with E-state index in [0.717, 1.165) is 12.2 Å². The molecule has 0 aliphatic rings. The monoisotopic (exact) mass is 240 g/mol. The lowest BCUT2D eigenvalue weighted by atomic mass is 10.0. The van der Waals surface area contributed by atoms with Crippen LogP contribution in [0.4, 0.5) is 0 Å². The first-order valence-electron chi connectivity index (χ1n) is 6.41. The van der Waals surface area contributed by atoms with E-state index in [2.05, 4.69) is 61.4 Å². The Morgan fingerprint density at radius 3 is 2.61 bits per heavy atom. The third kappa shape index (κ3) is 2.96. The summed E-state index contributed by atoms with van der Waals surface area (Å²) in [6.07, 6.45) is 1.86. The Hall–Kier alpha value is -1.67. The summed E-state index contributed by atoms with van der Waals surface area (Å²) >= 11 is 0. The van der Waals surface area contributed by atoms with Crippen molar-refractivity contribution < 1.29 is 0 Å². The van der Waals surface area contributed by atoms with Crippen LogP contribution in [0.25, 0.3) is 11.3 Å². The average Bonchev–Trinajstić information content (AvgIpc) is 2.37. The summed E-state index contributed by atoms with van der Waals surface area (Å²) in [5, 5.41) is 3.46. The molecule has 0 radical (unpaired) electrons. The lowest BCUT2D eigenvalue weighted by Crippen LogP contribution is -2.22. The lowest BCUT2D eigenvalue weighted by molar-refractivity contribution is 0.589. The fourth-order valence-corrected chi connectivity index (χ4v) is 1.99. The highest BCUT2D eigenvalue weighted by Crippen LogP contribution is 2.24. The van der Waals surface area contributed by atoms with Gasteiger partial charge >= 0.3 is 0 Å². The molecule has 0 amide bonds. The van der Waals surface area contributed by atoms with Gasteiger partial charge in [0.05, 0.1) is 5.69 Å². The van der Waals surface area contributed by atoms with Gasteiger partial charge in [-0.05, 0) is 24.1 Å². The van der Waals surface area contributed by atoms with Gasteiger partial charge in [0.15, 0.2) is 0 Å². The van der Waals surface area contributed by atoms with Crippen molar-refractivity contribution in [3.8, 4) is 11.3 Å². The van der Waals surface area contributed by atoms with Crippen LogP contribution < -0.4 is 5.32 Å². The van der Waals surface area contributed by atoms with Crippen molar-refractivity contribution in [2.24, 2.45) is 0 Å². The van der Waals surface area contributed by atoms with Gasteiger partial charge in [-0.1, -0.05) is 44.2 Å². The molecule has 0 aliphatic heterocycles. The van der Waals surface area contributed by atoms with Crippen LogP contribution in [-0.2, 0) is 6.54 Å². The van der Waals surface area contributed by atoms with E-state index in [1.54, 1.807) is 0 Å². The molecule has 2 rings (SSSR count). The maximum atomic E-state index is 4.51. The van der Waals surface area contributed by atoms with E-state index in [-0.39, 0.29) is 0 Å². The highest BCUT2D eigenvalue weighted by atomic mass is 14.9. The molecule has 0 unspecified atom stereocenters. The number of nitrogens with one attached hydrogen (secondary N) is 1. The van der Waals surface area contributed by atoms with E-state index in [1.807, 2.05) is 12.3 Å². The molecule has 0 atom stereocenters. The summed E-state index contributed by atoms with van der Waals surface area (Å²) in [6.45, 7) is 7.31. The first-order chi connectivity index (χ1) is 8.68. The van der Waals surface area contributed by atoms with Crippen LogP contribution in [0.2, 0.25) is 0 Å². The summed E-state index contributed by atoms with van der Waals surface area (Å²) in [4.78, 5) is 4.51. The van der Waals surface area contributed by atoms with E-state index < -0.39 is 0 Å². The Bertz CT molecular complexity index is 518. The molecule has 2 aromatic rings. The highest BCUT2D eigenvalue weighted by Gasteiger charge is 2.08. The number of aromatic nitrogens is 1. The van der Waals surface area contributed by atoms with Crippen molar-refractivity contribution in [3.63, 3.8) is 0 Å². The van der Waals surface area contributed by atoms with Crippen molar-refractivity contribution in [2.75, 3.05) is 0 Å². The summed E-state index contributed by atoms with van der Waals surface area (Å²) in [6, 6.07) is 13.0. The first kappa shape index (κ1) is 12.8. The number of hydrogen-bond donors (Lipinski definition) is 1. The molecular formula is C16H20N2. The minimum absolute atomic E-state index is 0.489. The topological polar surface area (TPSA) is 24.9 Å². The van der Waals surface area contributed by atoms with E-state index in [0.29, 0.717) is 6.04 Å². The molecule has 2 heteroatoms. The van der Waals surface area contributed by atoms with Crippen molar-refractivity contribution in [2.45, 2.75) is 33.4 Å². The quantitative estimate of drug-likeness (QED) is 0.884. The second kappa shape index (κ2) is 5.78. The summed E-state index contributed by atoms with van der Waals surface area (Å²) in [5.41, 5.74) is 4.82. The predicted molar refractivity (Wildman–Crippen MR) is 76.4 cm³/mol. The van der Waals surface area contributed by atoms with Crippen molar-refractivity contribution in [3.05, 3.63) is 53.7 Å². The Labute approximate surface area is 109 Å². The molecule has 0 spiro atoms. The molecule has 0 bridgehead atoms. The van der Waals surface area contributed by atoms with Gasteiger partial charge in [-0.25, -0.2) is 0 Å². The molecule has 1 aromatic carbocycles. The number of benzene rings is 1. The maximum Gasteiger partial charge on any atom is 0.0734 e. The summed E-state index contributed by atoms with van der Waals surface area (Å²) < 4.78 is 0. The van der Waals surface area contributed by atoms with Crippen LogP contribution in [0.3, 0.4) is 0 Å². The average molecular weight is 240 g/mol. The molecule has 18 heavy (non-hydrogen) atoms. The van der Waals surface area contributed by atoms with Crippen molar-refractivity contribution in [1.82, 2.24) is 10.3 Å². The molecule has 1 N–H and O–H groups in total. The molecule has 0 aliphatic carbocycles. The van der Waals surface area contributed by atoms with E-state index in [1.165, 1.54) is 16.7 Å². The summed E-state index contributed by atoms with van der Waals surface area (Å²) in [7, 11) is 0. The second-order valence-corrected chi connectivity index (χ2v) is 4.86. The van der Waals surface area contributed by atoms with Crippen LogP contribution in [0.1, 0.15) is 25.0 Å². The van der Waals surface area contributed by atoms with Crippen molar-refractivity contribution >= 4 is 0 Å². The largest absolute Gasteiger partial charge is 0.310 e. The van der Waals surface area contributed by atoms with Crippen LogP contribution in [0.5, 0.6) is 0 Å². The van der Waals surface area contributed by atoms with Crippen LogP contribution in [0.15, 0.2) is 42.6 Å². The normalized spacial score (nSPS) is 10.9. The van der Waals surface area contributed by atoms with E-state index in [4.69, 9.17) is 0 Å².